The first-order chi connectivity index (χ1) is 7.54. The van der Waals surface area contributed by atoms with Crippen LogP contribution in [0, 0.1) is 5.92 Å². The number of nitrogens with zero attached hydrogens (tertiary/aromatic N) is 1. The Morgan fingerprint density at radius 3 is 2.75 bits per heavy atom. The minimum atomic E-state index is -3.38. The van der Waals surface area contributed by atoms with Crippen LogP contribution in [0.5, 0.6) is 0 Å². The van der Waals surface area contributed by atoms with Gasteiger partial charge in [0.05, 0.1) is 5.69 Å². The summed E-state index contributed by atoms with van der Waals surface area (Å²) in [6.45, 7) is 2.61. The summed E-state index contributed by atoms with van der Waals surface area (Å²) in [6, 6.07) is 7.66. The van der Waals surface area contributed by atoms with Crippen LogP contribution < -0.4 is 9.03 Å². The molecule has 1 aliphatic heterocycles. The first-order valence-electron chi connectivity index (χ1n) is 5.33. The first kappa shape index (κ1) is 11.4. The van der Waals surface area contributed by atoms with Gasteiger partial charge in [-0.05, 0) is 24.0 Å². The molecule has 0 fully saturated rings. The predicted octanol–water partition coefficient (Wildman–Crippen LogP) is 1.15. The number of rotatable bonds is 2. The summed E-state index contributed by atoms with van der Waals surface area (Å²) in [5.74, 6) is 0.345. The van der Waals surface area contributed by atoms with Crippen molar-refractivity contribution in [3.8, 4) is 0 Å². The molecule has 0 spiro atoms. The monoisotopic (exact) mass is 240 g/mol. The molecule has 88 valence electrons. The van der Waals surface area contributed by atoms with E-state index in [-0.39, 0.29) is 0 Å². The second-order valence-electron chi connectivity index (χ2n) is 4.18. The van der Waals surface area contributed by atoms with E-state index in [9.17, 15) is 8.42 Å². The average molecular weight is 240 g/mol. The van der Waals surface area contributed by atoms with Crippen molar-refractivity contribution in [2.75, 3.05) is 17.9 Å². The van der Waals surface area contributed by atoms with Crippen LogP contribution in [-0.4, -0.2) is 22.0 Å². The first-order valence-corrected chi connectivity index (χ1v) is 6.77. The SMILES string of the molecule is CNS(=O)(=O)N1CC(C)Cc2ccccc21. The zero-order valence-electron chi connectivity index (χ0n) is 9.47. The van der Waals surface area contributed by atoms with Crippen molar-refractivity contribution >= 4 is 15.9 Å². The van der Waals surface area contributed by atoms with Crippen molar-refractivity contribution in [3.63, 3.8) is 0 Å². The van der Waals surface area contributed by atoms with Crippen LogP contribution in [0.2, 0.25) is 0 Å². The predicted molar refractivity (Wildman–Crippen MR) is 64.6 cm³/mol. The number of fused-ring (bicyclic) bond motifs is 1. The Kier molecular flexibility index (Phi) is 2.90. The van der Waals surface area contributed by atoms with Gasteiger partial charge >= 0.3 is 10.2 Å². The molecule has 0 bridgehead atoms. The van der Waals surface area contributed by atoms with Gasteiger partial charge in [0.25, 0.3) is 0 Å². The lowest BCUT2D eigenvalue weighted by molar-refractivity contribution is 0.540. The van der Waals surface area contributed by atoms with E-state index in [1.54, 1.807) is 0 Å². The second kappa shape index (κ2) is 4.07. The van der Waals surface area contributed by atoms with Crippen LogP contribution in [-0.2, 0) is 16.6 Å². The summed E-state index contributed by atoms with van der Waals surface area (Å²) in [6.07, 6.45) is 0.936. The lowest BCUT2D eigenvalue weighted by Gasteiger charge is -2.33. The van der Waals surface area contributed by atoms with Gasteiger partial charge in [0.1, 0.15) is 0 Å². The van der Waals surface area contributed by atoms with Crippen LogP contribution in [0.15, 0.2) is 24.3 Å². The van der Waals surface area contributed by atoms with Crippen molar-refractivity contribution < 1.29 is 8.42 Å². The minimum Gasteiger partial charge on any atom is -0.257 e. The van der Waals surface area contributed by atoms with E-state index in [4.69, 9.17) is 0 Å². The topological polar surface area (TPSA) is 49.4 Å². The second-order valence-corrected chi connectivity index (χ2v) is 5.98. The number of anilines is 1. The highest BCUT2D eigenvalue weighted by Gasteiger charge is 2.28. The third-order valence-corrected chi connectivity index (χ3v) is 4.30. The third-order valence-electron chi connectivity index (χ3n) is 2.85. The Morgan fingerprint density at radius 1 is 1.38 bits per heavy atom. The van der Waals surface area contributed by atoms with Crippen molar-refractivity contribution in [1.29, 1.82) is 0 Å². The van der Waals surface area contributed by atoms with Crippen molar-refractivity contribution in [2.45, 2.75) is 13.3 Å². The van der Waals surface area contributed by atoms with Gasteiger partial charge in [-0.1, -0.05) is 25.1 Å². The Hall–Kier alpha value is -1.07. The molecule has 0 radical (unpaired) electrons. The molecule has 0 saturated carbocycles. The number of para-hydroxylation sites is 1. The van der Waals surface area contributed by atoms with Gasteiger partial charge in [-0.2, -0.15) is 8.42 Å². The Labute approximate surface area is 96.5 Å². The van der Waals surface area contributed by atoms with Crippen LogP contribution in [0.25, 0.3) is 0 Å². The van der Waals surface area contributed by atoms with Crippen molar-refractivity contribution in [3.05, 3.63) is 29.8 Å². The molecule has 0 saturated heterocycles. The highest BCUT2D eigenvalue weighted by Crippen LogP contribution is 2.30. The number of hydrogen-bond acceptors (Lipinski definition) is 2. The molecule has 0 aliphatic carbocycles. The molecule has 1 unspecified atom stereocenters. The lowest BCUT2D eigenvalue weighted by atomic mass is 9.96. The normalized spacial score (nSPS) is 20.6. The highest BCUT2D eigenvalue weighted by molar-refractivity contribution is 7.90. The van der Waals surface area contributed by atoms with Crippen molar-refractivity contribution in [1.82, 2.24) is 4.72 Å². The Morgan fingerprint density at radius 2 is 2.06 bits per heavy atom. The summed E-state index contributed by atoms with van der Waals surface area (Å²) < 4.78 is 27.6. The highest BCUT2D eigenvalue weighted by atomic mass is 32.2. The van der Waals surface area contributed by atoms with Crippen LogP contribution in [0.1, 0.15) is 12.5 Å². The fourth-order valence-corrected chi connectivity index (χ4v) is 3.19. The summed E-state index contributed by atoms with van der Waals surface area (Å²) in [5, 5.41) is 0. The van der Waals surface area contributed by atoms with Crippen molar-refractivity contribution in [2.24, 2.45) is 5.92 Å². The van der Waals surface area contributed by atoms with Gasteiger partial charge in [-0.3, -0.25) is 4.31 Å². The molecule has 1 aromatic carbocycles. The fourth-order valence-electron chi connectivity index (χ4n) is 2.09. The molecule has 0 amide bonds. The molecule has 4 nitrogen and oxygen atoms in total. The van der Waals surface area contributed by atoms with E-state index in [0.29, 0.717) is 12.5 Å². The summed E-state index contributed by atoms with van der Waals surface area (Å²) >= 11 is 0. The Bertz CT molecular complexity index is 485. The third kappa shape index (κ3) is 1.92. The molecule has 2 rings (SSSR count). The standard InChI is InChI=1S/C11H16N2O2S/c1-9-7-10-5-3-4-6-11(10)13(8-9)16(14,15)12-2/h3-6,9,12H,7-8H2,1-2H3. The maximum atomic E-state index is 11.9. The summed E-state index contributed by atoms with van der Waals surface area (Å²) in [7, 11) is -1.94. The van der Waals surface area contributed by atoms with E-state index in [1.165, 1.54) is 11.4 Å². The van der Waals surface area contributed by atoms with E-state index in [0.717, 1.165) is 17.7 Å². The molecule has 1 aromatic rings. The molecule has 1 atom stereocenters. The number of nitrogens with one attached hydrogen (secondary N) is 1. The zero-order valence-corrected chi connectivity index (χ0v) is 10.3. The maximum absolute atomic E-state index is 11.9. The zero-order chi connectivity index (χ0) is 11.8. The quantitative estimate of drug-likeness (QED) is 0.843. The molecular formula is C11H16N2O2S. The smallest absolute Gasteiger partial charge is 0.257 e. The molecule has 1 heterocycles. The fraction of sp³-hybridized carbons (Fsp3) is 0.455. The molecule has 1 aliphatic rings. The van der Waals surface area contributed by atoms with Gasteiger partial charge < -0.3 is 0 Å². The lowest BCUT2D eigenvalue weighted by Crippen LogP contribution is -2.44. The van der Waals surface area contributed by atoms with Crippen LogP contribution in [0.3, 0.4) is 0 Å². The maximum Gasteiger partial charge on any atom is 0.301 e. The minimum absolute atomic E-state index is 0.345. The van der Waals surface area contributed by atoms with Gasteiger partial charge in [0.15, 0.2) is 0 Å². The van der Waals surface area contributed by atoms with Crippen LogP contribution in [0.4, 0.5) is 5.69 Å². The van der Waals surface area contributed by atoms with E-state index < -0.39 is 10.2 Å². The largest absolute Gasteiger partial charge is 0.301 e. The number of benzene rings is 1. The number of hydrogen-bond donors (Lipinski definition) is 1. The van der Waals surface area contributed by atoms with Gasteiger partial charge in [-0.25, -0.2) is 4.72 Å². The van der Waals surface area contributed by atoms with Gasteiger partial charge in [0, 0.05) is 13.6 Å². The summed E-state index contributed by atoms with van der Waals surface area (Å²) in [5.41, 5.74) is 1.90. The summed E-state index contributed by atoms with van der Waals surface area (Å²) in [4.78, 5) is 0. The molecule has 0 aromatic heterocycles. The van der Waals surface area contributed by atoms with E-state index >= 15 is 0 Å². The molecule has 5 heteroatoms. The van der Waals surface area contributed by atoms with Gasteiger partial charge in [0.2, 0.25) is 0 Å². The van der Waals surface area contributed by atoms with Crippen LogP contribution >= 0.6 is 0 Å². The molecule has 16 heavy (non-hydrogen) atoms. The molecular weight excluding hydrogens is 224 g/mol. The van der Waals surface area contributed by atoms with E-state index in [2.05, 4.69) is 11.6 Å². The van der Waals surface area contributed by atoms with E-state index in [1.807, 2.05) is 24.3 Å². The van der Waals surface area contributed by atoms with Gasteiger partial charge in [-0.15, -0.1) is 0 Å². The average Bonchev–Trinajstić information content (AvgIpc) is 2.28. The molecule has 1 N–H and O–H groups in total. The Balaban J connectivity index is 2.49.